The van der Waals surface area contributed by atoms with Gasteiger partial charge in [0.2, 0.25) is 0 Å². The van der Waals surface area contributed by atoms with E-state index in [1.807, 2.05) is 72.8 Å². The molecule has 6 heteroatoms. The highest BCUT2D eigenvalue weighted by Gasteiger charge is 2.55. The van der Waals surface area contributed by atoms with Gasteiger partial charge in [0, 0.05) is 28.7 Å². The summed E-state index contributed by atoms with van der Waals surface area (Å²) in [6.45, 7) is 1.02. The molecule has 1 saturated heterocycles. The molecular formula is C33H26O6. The van der Waals surface area contributed by atoms with Gasteiger partial charge in [-0.25, -0.2) is 0 Å². The van der Waals surface area contributed by atoms with Gasteiger partial charge < -0.3 is 18.9 Å². The van der Waals surface area contributed by atoms with Crippen LogP contribution in [0.1, 0.15) is 43.3 Å². The van der Waals surface area contributed by atoms with Crippen LogP contribution in [0.5, 0.6) is 17.2 Å². The van der Waals surface area contributed by atoms with Crippen molar-refractivity contribution in [1.29, 1.82) is 0 Å². The number of hydrogen-bond donors (Lipinski definition) is 0. The Kier molecular flexibility index (Phi) is 5.90. The third-order valence-electron chi connectivity index (χ3n) is 7.76. The van der Waals surface area contributed by atoms with Crippen LogP contribution >= 0.6 is 0 Å². The average molecular weight is 519 g/mol. The van der Waals surface area contributed by atoms with Crippen LogP contribution in [0, 0.1) is 5.92 Å². The van der Waals surface area contributed by atoms with Gasteiger partial charge in [-0.05, 0) is 17.2 Å². The number of fused-ring (bicyclic) bond motifs is 6. The summed E-state index contributed by atoms with van der Waals surface area (Å²) in [4.78, 5) is 26.8. The third kappa shape index (κ3) is 4.17. The maximum Gasteiger partial charge on any atom is 0.193 e. The molecule has 194 valence electrons. The normalized spacial score (nSPS) is 22.7. The zero-order chi connectivity index (χ0) is 26.3. The summed E-state index contributed by atoms with van der Waals surface area (Å²) in [5.74, 6) is 0.595. The van der Waals surface area contributed by atoms with Crippen molar-refractivity contribution in [3.8, 4) is 17.2 Å². The minimum Gasteiger partial charge on any atom is -0.488 e. The van der Waals surface area contributed by atoms with E-state index in [4.69, 9.17) is 18.9 Å². The highest BCUT2D eigenvalue weighted by molar-refractivity contribution is 6.17. The van der Waals surface area contributed by atoms with E-state index in [9.17, 15) is 9.59 Å². The van der Waals surface area contributed by atoms with Crippen LogP contribution in [0.15, 0.2) is 97.1 Å². The molecule has 0 radical (unpaired) electrons. The molecule has 2 heterocycles. The average Bonchev–Trinajstić information content (AvgIpc) is 3.35. The van der Waals surface area contributed by atoms with Crippen LogP contribution in [0.25, 0.3) is 0 Å². The summed E-state index contributed by atoms with van der Waals surface area (Å²) in [6.07, 6.45) is -1.35. The Labute approximate surface area is 226 Å². The van der Waals surface area contributed by atoms with Gasteiger partial charge in [0.05, 0.1) is 12.5 Å². The highest BCUT2D eigenvalue weighted by Crippen LogP contribution is 2.51. The van der Waals surface area contributed by atoms with Crippen molar-refractivity contribution in [2.45, 2.75) is 31.3 Å². The number of carbonyl (C=O) groups excluding carboxylic acids is 2. The lowest BCUT2D eigenvalue weighted by atomic mass is 9.72. The van der Waals surface area contributed by atoms with Gasteiger partial charge in [-0.15, -0.1) is 0 Å². The maximum absolute atomic E-state index is 13.6. The maximum atomic E-state index is 13.6. The Balaban J connectivity index is 1.21. The van der Waals surface area contributed by atoms with Gasteiger partial charge >= 0.3 is 0 Å². The number of hydrogen-bond acceptors (Lipinski definition) is 6. The first kappa shape index (κ1) is 23.7. The van der Waals surface area contributed by atoms with Gasteiger partial charge in [-0.1, -0.05) is 84.9 Å². The predicted octanol–water partition coefficient (Wildman–Crippen LogP) is 5.78. The van der Waals surface area contributed by atoms with Crippen LogP contribution in [0.3, 0.4) is 0 Å². The molecule has 1 fully saturated rings. The van der Waals surface area contributed by atoms with E-state index < -0.39 is 18.1 Å². The molecule has 0 saturated carbocycles. The molecule has 0 aromatic heterocycles. The van der Waals surface area contributed by atoms with Crippen LogP contribution < -0.4 is 14.2 Å². The fourth-order valence-corrected chi connectivity index (χ4v) is 5.81. The van der Waals surface area contributed by atoms with Crippen LogP contribution in [-0.2, 0) is 18.0 Å². The van der Waals surface area contributed by atoms with Crippen molar-refractivity contribution in [2.24, 2.45) is 5.92 Å². The lowest BCUT2D eigenvalue weighted by molar-refractivity contribution is -0.0593. The van der Waals surface area contributed by atoms with Crippen molar-refractivity contribution < 1.29 is 28.5 Å². The lowest BCUT2D eigenvalue weighted by Crippen LogP contribution is -2.54. The van der Waals surface area contributed by atoms with Crippen molar-refractivity contribution in [1.82, 2.24) is 0 Å². The molecule has 6 nitrogen and oxygen atoms in total. The molecule has 4 aromatic carbocycles. The van der Waals surface area contributed by atoms with Crippen molar-refractivity contribution >= 4 is 11.6 Å². The number of Topliss-reactive ketones (excluding diaryl/α,β-unsaturated/α-hetero) is 2. The molecule has 0 spiro atoms. The molecule has 0 N–H and O–H groups in total. The molecule has 0 bridgehead atoms. The molecule has 3 aliphatic rings. The van der Waals surface area contributed by atoms with E-state index in [2.05, 4.69) is 0 Å². The number of carbonyl (C=O) groups is 2. The summed E-state index contributed by atoms with van der Waals surface area (Å²) in [6, 6.07) is 30.6. The van der Waals surface area contributed by atoms with Crippen molar-refractivity contribution in [3.05, 3.63) is 125 Å². The summed E-state index contributed by atoms with van der Waals surface area (Å²) < 4.78 is 25.0. The zero-order valence-electron chi connectivity index (χ0n) is 21.1. The third-order valence-corrected chi connectivity index (χ3v) is 7.76. The smallest absolute Gasteiger partial charge is 0.193 e. The predicted molar refractivity (Wildman–Crippen MR) is 143 cm³/mol. The lowest BCUT2D eigenvalue weighted by Gasteiger charge is -2.40. The number of ketones is 2. The Morgan fingerprint density at radius 3 is 1.90 bits per heavy atom. The first-order valence-electron chi connectivity index (χ1n) is 13.1. The van der Waals surface area contributed by atoms with Gasteiger partial charge in [-0.2, -0.15) is 0 Å². The van der Waals surface area contributed by atoms with Crippen LogP contribution in [-0.4, -0.2) is 30.4 Å². The van der Waals surface area contributed by atoms with E-state index in [1.165, 1.54) is 0 Å². The van der Waals surface area contributed by atoms with E-state index >= 15 is 0 Å². The molecule has 1 aliphatic carbocycles. The number of benzene rings is 4. The number of ether oxygens (including phenoxy) is 4. The topological polar surface area (TPSA) is 71.1 Å². The second kappa shape index (κ2) is 9.71. The second-order valence-corrected chi connectivity index (χ2v) is 10.1. The Morgan fingerprint density at radius 1 is 0.692 bits per heavy atom. The SMILES string of the molecule is O=C1c2ccccc2C(=O)C2C1OCC1c3cc(OCc4ccccc4)c(OCc4ccccc4)cc3OC12. The molecule has 7 rings (SSSR count). The Morgan fingerprint density at radius 2 is 1.26 bits per heavy atom. The summed E-state index contributed by atoms with van der Waals surface area (Å²) in [5, 5.41) is 0. The van der Waals surface area contributed by atoms with Gasteiger partial charge in [0.1, 0.15) is 31.2 Å². The first-order valence-corrected chi connectivity index (χ1v) is 13.1. The molecule has 0 amide bonds. The van der Waals surface area contributed by atoms with Crippen LogP contribution in [0.2, 0.25) is 0 Å². The second-order valence-electron chi connectivity index (χ2n) is 10.1. The van der Waals surface area contributed by atoms with E-state index in [0.29, 0.717) is 41.6 Å². The van der Waals surface area contributed by atoms with Crippen molar-refractivity contribution in [2.75, 3.05) is 6.61 Å². The zero-order valence-corrected chi connectivity index (χ0v) is 21.1. The summed E-state index contributed by atoms with van der Waals surface area (Å²) >= 11 is 0. The number of rotatable bonds is 6. The molecule has 4 atom stereocenters. The highest BCUT2D eigenvalue weighted by atomic mass is 16.5. The first-order chi connectivity index (χ1) is 19.2. The fourth-order valence-electron chi connectivity index (χ4n) is 5.81. The van der Waals surface area contributed by atoms with Gasteiger partial charge in [-0.3, -0.25) is 9.59 Å². The van der Waals surface area contributed by atoms with E-state index in [0.717, 1.165) is 16.7 Å². The van der Waals surface area contributed by atoms with Gasteiger partial charge in [0.25, 0.3) is 0 Å². The van der Waals surface area contributed by atoms with Crippen LogP contribution in [0.4, 0.5) is 0 Å². The van der Waals surface area contributed by atoms with Crippen molar-refractivity contribution in [3.63, 3.8) is 0 Å². The molecule has 4 aromatic rings. The fraction of sp³-hybridized carbons (Fsp3) is 0.212. The molecule has 39 heavy (non-hydrogen) atoms. The van der Waals surface area contributed by atoms with E-state index in [-0.39, 0.29) is 24.1 Å². The molecule has 2 aliphatic heterocycles. The summed E-state index contributed by atoms with van der Waals surface area (Å²) in [5.41, 5.74) is 3.82. The minimum atomic E-state index is -0.842. The molecular weight excluding hydrogens is 492 g/mol. The Bertz CT molecular complexity index is 1550. The Hall–Kier alpha value is -4.42. The monoisotopic (exact) mass is 518 g/mol. The molecule has 4 unspecified atom stereocenters. The van der Waals surface area contributed by atoms with E-state index in [1.54, 1.807) is 24.3 Å². The largest absolute Gasteiger partial charge is 0.488 e. The quantitative estimate of drug-likeness (QED) is 0.322. The van der Waals surface area contributed by atoms with Gasteiger partial charge in [0.15, 0.2) is 23.1 Å². The summed E-state index contributed by atoms with van der Waals surface area (Å²) in [7, 11) is 0. The minimum absolute atomic E-state index is 0.112. The standard InChI is InChI=1S/C33H26O6/c34-30-22-13-7-8-14-23(22)31(35)33-29(30)32-25(19-38-33)24-15-27(36-17-20-9-3-1-4-10-20)28(16-26(24)39-32)37-18-21-11-5-2-6-12-21/h1-16,25,29,32-33H,17-19H2.